The molecule has 27 heavy (non-hydrogen) atoms. The maximum absolute atomic E-state index is 13.0. The van der Waals surface area contributed by atoms with Crippen LogP contribution < -0.4 is 4.72 Å². The zero-order valence-electron chi connectivity index (χ0n) is 15.0. The average Bonchev–Trinajstić information content (AvgIpc) is 3.01. The summed E-state index contributed by atoms with van der Waals surface area (Å²) in [5.74, 6) is -0.864. The first-order valence-electron chi connectivity index (χ1n) is 8.03. The van der Waals surface area contributed by atoms with Crippen molar-refractivity contribution >= 4 is 38.5 Å². The quantitative estimate of drug-likeness (QED) is 0.696. The number of sulfonamides is 1. The zero-order chi connectivity index (χ0) is 19.8. The number of benzene rings is 2. The minimum atomic E-state index is -3.41. The van der Waals surface area contributed by atoms with E-state index < -0.39 is 16.0 Å². The second-order valence-electron chi connectivity index (χ2n) is 6.13. The van der Waals surface area contributed by atoms with E-state index in [1.807, 2.05) is 0 Å². The van der Waals surface area contributed by atoms with Gasteiger partial charge < -0.3 is 4.74 Å². The summed E-state index contributed by atoms with van der Waals surface area (Å²) in [4.78, 5) is 25.0. The number of hydrogen-bond acceptors (Lipinski definition) is 5. The third-order valence-electron chi connectivity index (χ3n) is 4.10. The molecule has 0 bridgehead atoms. The van der Waals surface area contributed by atoms with E-state index in [4.69, 9.17) is 4.74 Å². The Bertz CT molecular complexity index is 1160. The number of hydrogen-bond donors (Lipinski definition) is 1. The van der Waals surface area contributed by atoms with Gasteiger partial charge in [-0.05, 0) is 36.8 Å². The number of para-hydroxylation sites is 1. The van der Waals surface area contributed by atoms with Crippen LogP contribution in [0.1, 0.15) is 26.3 Å². The van der Waals surface area contributed by atoms with Crippen LogP contribution in [0.3, 0.4) is 0 Å². The second kappa shape index (κ2) is 6.88. The van der Waals surface area contributed by atoms with E-state index in [2.05, 4.69) is 4.72 Å². The van der Waals surface area contributed by atoms with E-state index in [9.17, 15) is 18.0 Å². The van der Waals surface area contributed by atoms with Gasteiger partial charge >= 0.3 is 5.97 Å². The molecule has 0 fully saturated rings. The molecule has 0 saturated carbocycles. The Labute approximate surface area is 156 Å². The third kappa shape index (κ3) is 3.70. The van der Waals surface area contributed by atoms with Crippen LogP contribution in [0, 0.1) is 6.92 Å². The molecule has 0 spiro atoms. The van der Waals surface area contributed by atoms with Gasteiger partial charge in [-0.25, -0.2) is 13.2 Å². The molecule has 0 radical (unpaired) electrons. The third-order valence-corrected chi connectivity index (χ3v) is 4.70. The van der Waals surface area contributed by atoms with Crippen LogP contribution in [0.5, 0.6) is 0 Å². The number of aromatic nitrogens is 1. The fourth-order valence-electron chi connectivity index (χ4n) is 2.87. The number of carbonyl (C=O) groups excluding carboxylic acids is 2. The first-order chi connectivity index (χ1) is 12.7. The molecule has 1 aromatic heterocycles. The fraction of sp³-hybridized carbons (Fsp3) is 0.158. The van der Waals surface area contributed by atoms with E-state index in [0.717, 1.165) is 6.26 Å². The lowest BCUT2D eigenvalue weighted by Crippen LogP contribution is -2.13. The summed E-state index contributed by atoms with van der Waals surface area (Å²) in [7, 11) is -2.13. The predicted octanol–water partition coefficient (Wildman–Crippen LogP) is 2.80. The van der Waals surface area contributed by atoms with Gasteiger partial charge in [0.2, 0.25) is 10.0 Å². The highest BCUT2D eigenvalue weighted by Gasteiger charge is 2.20. The van der Waals surface area contributed by atoms with E-state index in [1.54, 1.807) is 37.3 Å². The van der Waals surface area contributed by atoms with Crippen molar-refractivity contribution in [2.45, 2.75) is 6.92 Å². The van der Waals surface area contributed by atoms with Crippen LogP contribution >= 0.6 is 0 Å². The molecule has 0 aliphatic rings. The number of fused-ring (bicyclic) bond motifs is 1. The maximum Gasteiger partial charge on any atom is 0.340 e. The summed E-state index contributed by atoms with van der Waals surface area (Å²) >= 11 is 0. The van der Waals surface area contributed by atoms with Crippen LogP contribution in [0.15, 0.2) is 48.7 Å². The summed E-state index contributed by atoms with van der Waals surface area (Å²) < 4.78 is 31.4. The van der Waals surface area contributed by atoms with Gasteiger partial charge in [0.1, 0.15) is 0 Å². The summed E-state index contributed by atoms with van der Waals surface area (Å²) in [6, 6.07) is 11.7. The molecule has 0 saturated heterocycles. The van der Waals surface area contributed by atoms with E-state index in [0.29, 0.717) is 33.3 Å². The second-order valence-corrected chi connectivity index (χ2v) is 7.88. The molecule has 140 valence electrons. The summed E-state index contributed by atoms with van der Waals surface area (Å²) in [5, 5.41) is 0.616. The lowest BCUT2D eigenvalue weighted by atomic mass is 10.1. The standard InChI is InChI=1S/C19H18N2O5S/c1-12-10-13(8-9-16(12)20-27(3,24)25)18(22)21-11-15(19(23)26-2)14-6-4-5-7-17(14)21/h4-11,20H,1-3H3. The predicted molar refractivity (Wildman–Crippen MR) is 103 cm³/mol. The molecule has 0 aliphatic heterocycles. The molecular weight excluding hydrogens is 368 g/mol. The molecule has 1 N–H and O–H groups in total. The zero-order valence-corrected chi connectivity index (χ0v) is 15.8. The molecule has 0 amide bonds. The van der Waals surface area contributed by atoms with Crippen molar-refractivity contribution in [3.63, 3.8) is 0 Å². The van der Waals surface area contributed by atoms with Crippen molar-refractivity contribution in [3.05, 3.63) is 65.4 Å². The minimum Gasteiger partial charge on any atom is -0.465 e. The van der Waals surface area contributed by atoms with Gasteiger partial charge in [0, 0.05) is 17.1 Å². The van der Waals surface area contributed by atoms with Gasteiger partial charge in [-0.15, -0.1) is 0 Å². The van der Waals surface area contributed by atoms with Gasteiger partial charge in [-0.1, -0.05) is 18.2 Å². The summed E-state index contributed by atoms with van der Waals surface area (Å²) in [6.45, 7) is 1.71. The molecular formula is C19H18N2O5S. The van der Waals surface area contributed by atoms with Gasteiger partial charge in [0.05, 0.1) is 30.1 Å². The van der Waals surface area contributed by atoms with Crippen molar-refractivity contribution in [2.75, 3.05) is 18.1 Å². The Morgan fingerprint density at radius 3 is 2.44 bits per heavy atom. The number of rotatable bonds is 4. The lowest BCUT2D eigenvalue weighted by Gasteiger charge is -2.10. The summed E-state index contributed by atoms with van der Waals surface area (Å²) in [6.07, 6.45) is 2.52. The molecule has 3 rings (SSSR count). The molecule has 0 unspecified atom stereocenters. The van der Waals surface area contributed by atoms with Gasteiger partial charge in [0.15, 0.2) is 0 Å². The van der Waals surface area contributed by atoms with Crippen LogP contribution in [0.4, 0.5) is 5.69 Å². The monoisotopic (exact) mass is 386 g/mol. The van der Waals surface area contributed by atoms with Crippen molar-refractivity contribution in [1.82, 2.24) is 4.57 Å². The van der Waals surface area contributed by atoms with Gasteiger partial charge in [-0.3, -0.25) is 14.1 Å². The number of carbonyl (C=O) groups is 2. The van der Waals surface area contributed by atoms with Crippen molar-refractivity contribution in [3.8, 4) is 0 Å². The molecule has 3 aromatic rings. The van der Waals surface area contributed by atoms with E-state index >= 15 is 0 Å². The van der Waals surface area contributed by atoms with Crippen molar-refractivity contribution in [1.29, 1.82) is 0 Å². The number of esters is 1. The Morgan fingerprint density at radius 1 is 1.11 bits per heavy atom. The Kier molecular flexibility index (Phi) is 4.75. The SMILES string of the molecule is COC(=O)c1cn(C(=O)c2ccc(NS(C)(=O)=O)c(C)c2)c2ccccc12. The highest BCUT2D eigenvalue weighted by atomic mass is 32.2. The number of nitrogens with zero attached hydrogens (tertiary/aromatic N) is 1. The normalized spacial score (nSPS) is 11.4. The first kappa shape index (κ1) is 18.7. The number of nitrogens with one attached hydrogen (secondary N) is 1. The molecule has 0 aliphatic carbocycles. The highest BCUT2D eigenvalue weighted by Crippen LogP contribution is 2.24. The van der Waals surface area contributed by atoms with E-state index in [-0.39, 0.29) is 5.91 Å². The smallest absolute Gasteiger partial charge is 0.340 e. The lowest BCUT2D eigenvalue weighted by molar-refractivity contribution is 0.0603. The Hall–Kier alpha value is -3.13. The van der Waals surface area contributed by atoms with Crippen molar-refractivity contribution in [2.24, 2.45) is 0 Å². The highest BCUT2D eigenvalue weighted by molar-refractivity contribution is 7.92. The topological polar surface area (TPSA) is 94.5 Å². The Balaban J connectivity index is 2.06. The van der Waals surface area contributed by atoms with Gasteiger partial charge in [-0.2, -0.15) is 0 Å². The van der Waals surface area contributed by atoms with Crippen LogP contribution in [0.25, 0.3) is 10.9 Å². The largest absolute Gasteiger partial charge is 0.465 e. The maximum atomic E-state index is 13.0. The molecule has 2 aromatic carbocycles. The van der Waals surface area contributed by atoms with Crippen LogP contribution in [0.2, 0.25) is 0 Å². The van der Waals surface area contributed by atoms with Gasteiger partial charge in [0.25, 0.3) is 5.91 Å². The number of ether oxygens (including phenoxy) is 1. The minimum absolute atomic E-state index is 0.300. The average molecular weight is 386 g/mol. The van der Waals surface area contributed by atoms with E-state index in [1.165, 1.54) is 30.0 Å². The molecule has 7 nitrogen and oxygen atoms in total. The molecule has 8 heteroatoms. The first-order valence-corrected chi connectivity index (χ1v) is 9.92. The molecule has 1 heterocycles. The number of aryl methyl sites for hydroxylation is 1. The fourth-order valence-corrected chi connectivity index (χ4v) is 3.50. The summed E-state index contributed by atoms with van der Waals surface area (Å²) in [5.41, 5.74) is 2.26. The van der Waals surface area contributed by atoms with Crippen molar-refractivity contribution < 1.29 is 22.7 Å². The number of methoxy groups -OCH3 is 1. The van der Waals surface area contributed by atoms with Crippen LogP contribution in [-0.2, 0) is 14.8 Å². The van der Waals surface area contributed by atoms with Crippen LogP contribution in [-0.4, -0.2) is 38.2 Å². The Morgan fingerprint density at radius 2 is 1.81 bits per heavy atom. The molecule has 0 atom stereocenters. The number of anilines is 1.